The number of aliphatic hydroxyl groups is 1. The van der Waals surface area contributed by atoms with E-state index in [1.165, 1.54) is 5.56 Å². The maximum absolute atomic E-state index is 9.24. The molecule has 0 unspecified atom stereocenters. The highest BCUT2D eigenvalue weighted by atomic mass is 16.5. The Morgan fingerprint density at radius 3 is 2.80 bits per heavy atom. The summed E-state index contributed by atoms with van der Waals surface area (Å²) in [6.45, 7) is 3.29. The quantitative estimate of drug-likeness (QED) is 0.798. The zero-order valence-electron chi connectivity index (χ0n) is 9.60. The molecule has 0 saturated carbocycles. The molecule has 0 radical (unpaired) electrons. The molecule has 0 spiro atoms. The summed E-state index contributed by atoms with van der Waals surface area (Å²) >= 11 is 0. The third-order valence-electron chi connectivity index (χ3n) is 2.16. The first-order chi connectivity index (χ1) is 7.11. The molecule has 15 heavy (non-hydrogen) atoms. The minimum atomic E-state index is -0.291. The number of hydrogen-bond acceptors (Lipinski definition) is 3. The molecule has 1 aromatic rings. The number of nitrogens with zero attached hydrogens (tertiary/aromatic N) is 1. The molecule has 0 aliphatic rings. The molecule has 84 valence electrons. The number of rotatable bonds is 5. The van der Waals surface area contributed by atoms with Gasteiger partial charge in [-0.15, -0.1) is 0 Å². The normalized spacial score (nSPS) is 12.9. The van der Waals surface area contributed by atoms with Gasteiger partial charge >= 0.3 is 0 Å². The number of benzene rings is 1. The van der Waals surface area contributed by atoms with E-state index in [0.717, 1.165) is 12.3 Å². The van der Waals surface area contributed by atoms with E-state index in [0.29, 0.717) is 6.54 Å². The maximum Gasteiger partial charge on any atom is 0.119 e. The highest BCUT2D eigenvalue weighted by molar-refractivity contribution is 5.28. The van der Waals surface area contributed by atoms with Crippen molar-refractivity contribution in [3.05, 3.63) is 29.8 Å². The van der Waals surface area contributed by atoms with Gasteiger partial charge in [0, 0.05) is 13.1 Å². The van der Waals surface area contributed by atoms with E-state index in [2.05, 4.69) is 11.0 Å². The lowest BCUT2D eigenvalue weighted by Crippen LogP contribution is -2.26. The van der Waals surface area contributed by atoms with Crippen molar-refractivity contribution in [2.24, 2.45) is 0 Å². The van der Waals surface area contributed by atoms with Gasteiger partial charge in [0.1, 0.15) is 5.75 Å². The molecule has 0 heterocycles. The van der Waals surface area contributed by atoms with Gasteiger partial charge in [0.25, 0.3) is 0 Å². The molecule has 1 atom stereocenters. The Bertz CT molecular complexity index is 299. The average Bonchev–Trinajstić information content (AvgIpc) is 2.16. The first-order valence-corrected chi connectivity index (χ1v) is 5.11. The number of hydrogen-bond donors (Lipinski definition) is 1. The van der Waals surface area contributed by atoms with Crippen LogP contribution in [0.25, 0.3) is 0 Å². The van der Waals surface area contributed by atoms with Gasteiger partial charge < -0.3 is 9.84 Å². The molecule has 0 aliphatic carbocycles. The first kappa shape index (κ1) is 12.0. The van der Waals surface area contributed by atoms with E-state index in [1.54, 1.807) is 14.0 Å². The van der Waals surface area contributed by atoms with Crippen LogP contribution >= 0.6 is 0 Å². The summed E-state index contributed by atoms with van der Waals surface area (Å²) in [5.74, 6) is 0.873. The zero-order chi connectivity index (χ0) is 11.3. The van der Waals surface area contributed by atoms with E-state index >= 15 is 0 Å². The zero-order valence-corrected chi connectivity index (χ0v) is 9.60. The second-order valence-corrected chi connectivity index (χ2v) is 3.90. The van der Waals surface area contributed by atoms with Crippen molar-refractivity contribution >= 4 is 0 Å². The second kappa shape index (κ2) is 5.73. The van der Waals surface area contributed by atoms with E-state index in [1.807, 2.05) is 25.2 Å². The summed E-state index contributed by atoms with van der Waals surface area (Å²) in [6, 6.07) is 7.97. The molecule has 0 saturated heterocycles. The molecule has 0 aromatic heterocycles. The van der Waals surface area contributed by atoms with Crippen molar-refractivity contribution < 1.29 is 9.84 Å². The lowest BCUT2D eigenvalue weighted by molar-refractivity contribution is 0.138. The van der Waals surface area contributed by atoms with E-state index in [-0.39, 0.29) is 6.10 Å². The van der Waals surface area contributed by atoms with Crippen molar-refractivity contribution in [1.82, 2.24) is 4.90 Å². The fraction of sp³-hybridized carbons (Fsp3) is 0.500. The predicted molar refractivity (Wildman–Crippen MR) is 61.0 cm³/mol. The van der Waals surface area contributed by atoms with Crippen LogP contribution in [0, 0.1) is 0 Å². The highest BCUT2D eigenvalue weighted by Crippen LogP contribution is 2.13. The van der Waals surface area contributed by atoms with Gasteiger partial charge in [-0.25, -0.2) is 0 Å². The third kappa shape index (κ3) is 4.32. The molecular weight excluding hydrogens is 190 g/mol. The molecule has 1 aromatic carbocycles. The van der Waals surface area contributed by atoms with Crippen LogP contribution in [0.2, 0.25) is 0 Å². The van der Waals surface area contributed by atoms with E-state index in [4.69, 9.17) is 4.74 Å². The number of ether oxygens (including phenoxy) is 1. The van der Waals surface area contributed by atoms with Crippen LogP contribution in [-0.2, 0) is 6.54 Å². The van der Waals surface area contributed by atoms with Crippen LogP contribution < -0.4 is 4.74 Å². The van der Waals surface area contributed by atoms with Crippen molar-refractivity contribution in [1.29, 1.82) is 0 Å². The Balaban J connectivity index is 2.55. The second-order valence-electron chi connectivity index (χ2n) is 3.90. The summed E-state index contributed by atoms with van der Waals surface area (Å²) in [6.07, 6.45) is -0.291. The van der Waals surface area contributed by atoms with Crippen LogP contribution in [0.5, 0.6) is 5.75 Å². The summed E-state index contributed by atoms with van der Waals surface area (Å²) in [5, 5.41) is 9.24. The lowest BCUT2D eigenvalue weighted by Gasteiger charge is -2.18. The van der Waals surface area contributed by atoms with Gasteiger partial charge in [-0.3, -0.25) is 4.90 Å². The Morgan fingerprint density at radius 2 is 2.20 bits per heavy atom. The minimum Gasteiger partial charge on any atom is -0.497 e. The van der Waals surface area contributed by atoms with Gasteiger partial charge in [0.2, 0.25) is 0 Å². The maximum atomic E-state index is 9.24. The Hall–Kier alpha value is -1.06. The van der Waals surface area contributed by atoms with Crippen LogP contribution in [0.1, 0.15) is 12.5 Å². The van der Waals surface area contributed by atoms with Crippen LogP contribution in [-0.4, -0.2) is 36.8 Å². The molecule has 0 fully saturated rings. The van der Waals surface area contributed by atoms with Crippen molar-refractivity contribution in [3.8, 4) is 5.75 Å². The summed E-state index contributed by atoms with van der Waals surface area (Å²) < 4.78 is 5.15. The van der Waals surface area contributed by atoms with E-state index < -0.39 is 0 Å². The SMILES string of the molecule is COc1cccc(CN(C)C[C@@H](C)O)c1. The number of methoxy groups -OCH3 is 1. The van der Waals surface area contributed by atoms with Gasteiger partial charge in [0.05, 0.1) is 13.2 Å². The van der Waals surface area contributed by atoms with Gasteiger partial charge in [0.15, 0.2) is 0 Å². The Morgan fingerprint density at radius 1 is 1.47 bits per heavy atom. The van der Waals surface area contributed by atoms with Gasteiger partial charge in [-0.1, -0.05) is 12.1 Å². The molecular formula is C12H19NO2. The molecule has 1 rings (SSSR count). The third-order valence-corrected chi connectivity index (χ3v) is 2.16. The molecule has 0 aliphatic heterocycles. The van der Waals surface area contributed by atoms with Crippen molar-refractivity contribution in [3.63, 3.8) is 0 Å². The van der Waals surface area contributed by atoms with Crippen LogP contribution in [0.15, 0.2) is 24.3 Å². The molecule has 0 amide bonds. The van der Waals surface area contributed by atoms with Crippen molar-refractivity contribution in [2.75, 3.05) is 20.7 Å². The fourth-order valence-electron chi connectivity index (χ4n) is 1.60. The molecule has 1 N–H and O–H groups in total. The average molecular weight is 209 g/mol. The molecule has 3 heteroatoms. The van der Waals surface area contributed by atoms with Crippen molar-refractivity contribution in [2.45, 2.75) is 19.6 Å². The number of aliphatic hydroxyl groups excluding tert-OH is 1. The minimum absolute atomic E-state index is 0.291. The standard InChI is InChI=1S/C12H19NO2/c1-10(14)8-13(2)9-11-5-4-6-12(7-11)15-3/h4-7,10,14H,8-9H2,1-3H3/t10-/m1/s1. The largest absolute Gasteiger partial charge is 0.497 e. The highest BCUT2D eigenvalue weighted by Gasteiger charge is 2.04. The monoisotopic (exact) mass is 209 g/mol. The molecule has 0 bridgehead atoms. The fourth-order valence-corrected chi connectivity index (χ4v) is 1.60. The lowest BCUT2D eigenvalue weighted by atomic mass is 10.2. The molecule has 3 nitrogen and oxygen atoms in total. The van der Waals surface area contributed by atoms with Gasteiger partial charge in [-0.05, 0) is 31.7 Å². The topological polar surface area (TPSA) is 32.7 Å². The van der Waals surface area contributed by atoms with E-state index in [9.17, 15) is 5.11 Å². The smallest absolute Gasteiger partial charge is 0.119 e. The number of likely N-dealkylation sites (N-methyl/N-ethyl adjacent to an activating group) is 1. The summed E-state index contributed by atoms with van der Waals surface area (Å²) in [7, 11) is 3.66. The Labute approximate surface area is 91.3 Å². The first-order valence-electron chi connectivity index (χ1n) is 5.11. The summed E-state index contributed by atoms with van der Waals surface area (Å²) in [4.78, 5) is 2.08. The van der Waals surface area contributed by atoms with Gasteiger partial charge in [-0.2, -0.15) is 0 Å². The predicted octanol–water partition coefficient (Wildman–Crippen LogP) is 1.51. The summed E-state index contributed by atoms with van der Waals surface area (Å²) in [5.41, 5.74) is 1.19. The van der Waals surface area contributed by atoms with Crippen LogP contribution in [0.4, 0.5) is 0 Å². The van der Waals surface area contributed by atoms with Crippen LogP contribution in [0.3, 0.4) is 0 Å². The Kier molecular flexibility index (Phi) is 4.59.